The van der Waals surface area contributed by atoms with Gasteiger partial charge in [-0.1, -0.05) is 228 Å². The predicted octanol–water partition coefficient (Wildman–Crippen LogP) is 26.9. The fraction of sp³-hybridized carbons (Fsp3) is 0. The van der Waals surface area contributed by atoms with Gasteiger partial charge in [-0.25, -0.2) is 0 Å². The summed E-state index contributed by atoms with van der Waals surface area (Å²) in [4.78, 5) is 8.07. The normalized spacial score (nSPS) is 11.7. The van der Waals surface area contributed by atoms with Gasteiger partial charge in [0.2, 0.25) is 0 Å². The topological polar surface area (TPSA) is 64.1 Å². The largest absolute Gasteiger partial charge is 0.449 e. The number of aromatic amines is 1. The first-order chi connectivity index (χ1) is 50.0. The van der Waals surface area contributed by atoms with Crippen LogP contribution in [0, 0.1) is 0 Å². The lowest BCUT2D eigenvalue weighted by atomic mass is 10.0. The number of rotatable bonds is 9. The lowest BCUT2D eigenvalue weighted by molar-refractivity contribution is 0.362. The van der Waals surface area contributed by atoms with E-state index in [2.05, 4.69) is 326 Å². The summed E-state index contributed by atoms with van der Waals surface area (Å²) in [5.41, 5.74) is 16.8. The van der Waals surface area contributed by atoms with Crippen molar-refractivity contribution in [2.75, 3.05) is 9.80 Å². The molecule has 4 heterocycles. The molecular weight excluding hydrogens is 1300 g/mol. The predicted molar refractivity (Wildman–Crippen MR) is 419 cm³/mol. The lowest BCUT2D eigenvalue weighted by Crippen LogP contribution is -2.10. The van der Waals surface area contributed by atoms with E-state index in [0.717, 1.165) is 128 Å². The van der Waals surface area contributed by atoms with Gasteiger partial charge in [0, 0.05) is 71.0 Å². The van der Waals surface area contributed by atoms with Crippen molar-refractivity contribution in [1.29, 1.82) is 0 Å². The van der Waals surface area contributed by atoms with E-state index in [1.807, 2.05) is 72.8 Å². The SMILES string of the molecule is Brc1ccc(-c2ccc(N(c3ccccc3)c3ccc4ccccc4c3)cc2)cc1.c1ccc(N(c2ccc(-c3ccc(-n4c5ccccc5c5ccc6c(c54)Oc4ccccc4O6)cc3)cc2)c2cccc3ccccc23)cc1.c1ccc2c(c1)Oc1ccc3c([nH]c4ccccc43)c1O2. The van der Waals surface area contributed by atoms with Gasteiger partial charge >= 0.3 is 0 Å². The molecule has 0 bridgehead atoms. The zero-order valence-corrected chi connectivity index (χ0v) is 56.1. The van der Waals surface area contributed by atoms with E-state index >= 15 is 0 Å². The van der Waals surface area contributed by atoms with Gasteiger partial charge < -0.3 is 38.3 Å². The number of benzene rings is 16. The number of hydrogen-bond acceptors (Lipinski definition) is 6. The van der Waals surface area contributed by atoms with Crippen molar-refractivity contribution >= 4 is 115 Å². The molecule has 0 saturated carbocycles. The van der Waals surface area contributed by atoms with Crippen molar-refractivity contribution in [3.63, 3.8) is 0 Å². The number of halogens is 1. The maximum Gasteiger partial charge on any atom is 0.194 e. The van der Waals surface area contributed by atoms with E-state index in [-0.39, 0.29) is 0 Å². The minimum absolute atomic E-state index is 0.713. The number of ether oxygens (including phenoxy) is 4. The Morgan fingerprint density at radius 3 is 1.39 bits per heavy atom. The van der Waals surface area contributed by atoms with Crippen molar-refractivity contribution in [2.24, 2.45) is 0 Å². The third-order valence-electron chi connectivity index (χ3n) is 18.8. The average Bonchev–Trinajstić information content (AvgIpc) is 1.74. The smallest absolute Gasteiger partial charge is 0.194 e. The van der Waals surface area contributed by atoms with Crippen LogP contribution in [-0.2, 0) is 0 Å². The zero-order valence-electron chi connectivity index (χ0n) is 54.5. The van der Waals surface area contributed by atoms with Crippen molar-refractivity contribution in [3.05, 3.63) is 368 Å². The molecule has 1 N–H and O–H groups in total. The second-order valence-corrected chi connectivity index (χ2v) is 25.9. The molecule has 0 amide bonds. The molecule has 2 aliphatic rings. The van der Waals surface area contributed by atoms with E-state index in [1.54, 1.807) is 0 Å². The minimum Gasteiger partial charge on any atom is -0.449 e. The average molecular weight is 1370 g/mol. The Labute approximate surface area is 592 Å². The Kier molecular flexibility index (Phi) is 15.6. The van der Waals surface area contributed by atoms with Crippen LogP contribution >= 0.6 is 15.9 Å². The highest BCUT2D eigenvalue weighted by Gasteiger charge is 2.27. The molecule has 0 spiro atoms. The monoisotopic (exact) mass is 1360 g/mol. The number of fused-ring (bicyclic) bond motifs is 14. The van der Waals surface area contributed by atoms with Crippen LogP contribution in [-0.4, -0.2) is 9.55 Å². The standard InChI is InChI=1S/C46H30N2O2.C28H20BrN.C18H11NO2/c1-2-13-34(14-3-1)47(40-18-10-12-33-11-4-5-15-37(33)40)35-25-21-31(22-26-35)32-23-27-36(28-24-32)48-41-17-7-6-16-38(41)39-29-30-44-46(45(39)48)50-43-20-9-8-19-42(43)49-44;29-25-15-10-22(11-16-25)23-12-17-27(18-13-23)30(26-8-2-1-3-9-26)28-19-14-21-6-4-5-7-24(21)20-28;1-2-6-13-11(5-1)12-9-10-16-18(17(12)19-13)21-15-8-4-3-7-14(15)20-16/h1-30H;1-20H;1-10,19H. The fourth-order valence-electron chi connectivity index (χ4n) is 14.0. The molecule has 0 atom stereocenters. The Hall–Kier alpha value is -13.1. The van der Waals surface area contributed by atoms with Crippen LogP contribution in [0.4, 0.5) is 34.1 Å². The molecule has 20 rings (SSSR count). The quantitative estimate of drug-likeness (QED) is 0.155. The number of nitrogens with zero attached hydrogens (tertiary/aromatic N) is 3. The minimum atomic E-state index is 0.713. The van der Waals surface area contributed by atoms with Crippen LogP contribution < -0.4 is 28.7 Å². The third-order valence-corrected chi connectivity index (χ3v) is 19.4. The molecule has 0 radical (unpaired) electrons. The van der Waals surface area contributed by atoms with Crippen molar-refractivity contribution in [3.8, 4) is 73.9 Å². The Morgan fingerprint density at radius 2 is 0.733 bits per heavy atom. The van der Waals surface area contributed by atoms with Crippen molar-refractivity contribution in [2.45, 2.75) is 0 Å². The van der Waals surface area contributed by atoms with E-state index in [4.69, 9.17) is 18.9 Å². The number of nitrogens with one attached hydrogen (secondary N) is 1. The molecule has 101 heavy (non-hydrogen) atoms. The Balaban J connectivity index is 0.000000121. The van der Waals surface area contributed by atoms with Crippen LogP contribution in [0.1, 0.15) is 0 Å². The molecule has 480 valence electrons. The van der Waals surface area contributed by atoms with Gasteiger partial charge in [-0.3, -0.25) is 0 Å². The molecule has 0 aliphatic carbocycles. The highest BCUT2D eigenvalue weighted by Crippen LogP contribution is 2.52. The Bertz CT molecular complexity index is 6090. The van der Waals surface area contributed by atoms with Crippen LogP contribution in [0.15, 0.2) is 368 Å². The third kappa shape index (κ3) is 11.5. The second-order valence-electron chi connectivity index (χ2n) is 24.9. The fourth-order valence-corrected chi connectivity index (χ4v) is 14.3. The number of aromatic nitrogens is 2. The van der Waals surface area contributed by atoms with Crippen LogP contribution in [0.3, 0.4) is 0 Å². The first-order valence-corrected chi connectivity index (χ1v) is 34.5. The van der Waals surface area contributed by atoms with Gasteiger partial charge in [-0.05, 0) is 190 Å². The summed E-state index contributed by atoms with van der Waals surface area (Å²) >= 11 is 3.51. The summed E-state index contributed by atoms with van der Waals surface area (Å²) in [6.45, 7) is 0. The number of anilines is 6. The molecule has 0 unspecified atom stereocenters. The van der Waals surface area contributed by atoms with Crippen molar-refractivity contribution < 1.29 is 18.9 Å². The zero-order chi connectivity index (χ0) is 67.2. The van der Waals surface area contributed by atoms with E-state index in [1.165, 1.54) is 43.4 Å². The van der Waals surface area contributed by atoms with Crippen LogP contribution in [0.2, 0.25) is 0 Å². The molecule has 2 aromatic heterocycles. The summed E-state index contributed by atoms with van der Waals surface area (Å²) in [5.74, 6) is 5.87. The lowest BCUT2D eigenvalue weighted by Gasteiger charge is -2.27. The summed E-state index contributed by atoms with van der Waals surface area (Å²) in [7, 11) is 0. The van der Waals surface area contributed by atoms with Crippen LogP contribution in [0.5, 0.6) is 46.0 Å². The highest BCUT2D eigenvalue weighted by molar-refractivity contribution is 9.10. The second kappa shape index (κ2) is 26.1. The number of hydrogen-bond donors (Lipinski definition) is 1. The molecule has 18 aromatic rings. The van der Waals surface area contributed by atoms with Crippen LogP contribution in [0.25, 0.3) is 93.1 Å². The molecular formula is C92H61BrN4O4. The summed E-state index contributed by atoms with van der Waals surface area (Å²) in [5, 5.41) is 9.55. The summed E-state index contributed by atoms with van der Waals surface area (Å²) in [6.07, 6.45) is 0. The van der Waals surface area contributed by atoms with Gasteiger partial charge in [0.15, 0.2) is 46.0 Å². The highest BCUT2D eigenvalue weighted by atomic mass is 79.9. The van der Waals surface area contributed by atoms with Gasteiger partial charge in [0.25, 0.3) is 0 Å². The van der Waals surface area contributed by atoms with Crippen molar-refractivity contribution in [1.82, 2.24) is 9.55 Å². The van der Waals surface area contributed by atoms with E-state index < -0.39 is 0 Å². The summed E-state index contributed by atoms with van der Waals surface area (Å²) < 4.78 is 28.2. The number of H-pyrrole nitrogens is 1. The first-order valence-electron chi connectivity index (χ1n) is 33.7. The first kappa shape index (κ1) is 60.3. The maximum absolute atomic E-state index is 6.54. The Morgan fingerprint density at radius 1 is 0.277 bits per heavy atom. The summed E-state index contributed by atoms with van der Waals surface area (Å²) in [6, 6.07) is 127. The van der Waals surface area contributed by atoms with E-state index in [0.29, 0.717) is 5.75 Å². The number of para-hydroxylation sites is 8. The molecule has 16 aromatic carbocycles. The molecule has 0 fully saturated rings. The molecule has 8 nitrogen and oxygen atoms in total. The van der Waals surface area contributed by atoms with Gasteiger partial charge in [0.05, 0.1) is 16.7 Å². The molecule has 2 aliphatic heterocycles. The maximum atomic E-state index is 6.54. The van der Waals surface area contributed by atoms with E-state index in [9.17, 15) is 0 Å². The van der Waals surface area contributed by atoms with Gasteiger partial charge in [0.1, 0.15) is 5.52 Å². The van der Waals surface area contributed by atoms with Gasteiger partial charge in [-0.2, -0.15) is 0 Å². The molecule has 0 saturated heterocycles. The van der Waals surface area contributed by atoms with Gasteiger partial charge in [-0.15, -0.1) is 0 Å². The molecule has 9 heteroatoms.